The molecule has 1 fully saturated rings. The molecule has 0 spiro atoms. The normalized spacial score (nSPS) is 20.7. The predicted molar refractivity (Wildman–Crippen MR) is 72.8 cm³/mol. The summed E-state index contributed by atoms with van der Waals surface area (Å²) >= 11 is 3.21. The van der Waals surface area contributed by atoms with Crippen LogP contribution in [0.4, 0.5) is 11.4 Å². The van der Waals surface area contributed by atoms with Gasteiger partial charge < -0.3 is 10.1 Å². The number of nitrogens with zero attached hydrogens (tertiary/aromatic N) is 1. The summed E-state index contributed by atoms with van der Waals surface area (Å²) in [5.41, 5.74) is 0.962. The van der Waals surface area contributed by atoms with Crippen LogP contribution in [0.3, 0.4) is 0 Å². The molecule has 18 heavy (non-hydrogen) atoms. The highest BCUT2D eigenvalue weighted by atomic mass is 79.9. The number of rotatable bonds is 4. The van der Waals surface area contributed by atoms with E-state index in [0.717, 1.165) is 25.3 Å². The zero-order valence-corrected chi connectivity index (χ0v) is 11.6. The minimum atomic E-state index is -0.401. The average molecular weight is 315 g/mol. The first-order chi connectivity index (χ1) is 8.58. The number of hydrogen-bond donors (Lipinski definition) is 1. The molecule has 0 saturated carbocycles. The van der Waals surface area contributed by atoms with Crippen molar-refractivity contribution in [3.8, 4) is 0 Å². The molecule has 0 radical (unpaired) electrons. The van der Waals surface area contributed by atoms with E-state index >= 15 is 0 Å². The van der Waals surface area contributed by atoms with Crippen molar-refractivity contribution in [1.82, 2.24) is 0 Å². The number of benzene rings is 1. The van der Waals surface area contributed by atoms with Crippen molar-refractivity contribution in [3.05, 3.63) is 32.8 Å². The van der Waals surface area contributed by atoms with Crippen LogP contribution in [0.5, 0.6) is 0 Å². The van der Waals surface area contributed by atoms with E-state index in [2.05, 4.69) is 28.2 Å². The second kappa shape index (κ2) is 5.67. The lowest BCUT2D eigenvalue weighted by Gasteiger charge is -2.20. The molecule has 0 amide bonds. The number of anilines is 1. The maximum absolute atomic E-state index is 10.7. The third-order valence-electron chi connectivity index (χ3n) is 3.21. The molecule has 5 nitrogen and oxygen atoms in total. The molecule has 2 rings (SSSR count). The molecular formula is C12H15BrN2O3. The van der Waals surface area contributed by atoms with Gasteiger partial charge in [0, 0.05) is 30.3 Å². The Balaban J connectivity index is 2.05. The van der Waals surface area contributed by atoms with E-state index < -0.39 is 4.92 Å². The minimum absolute atomic E-state index is 0.0809. The largest absolute Gasteiger partial charge is 0.382 e. The summed E-state index contributed by atoms with van der Waals surface area (Å²) in [5.74, 6) is 0.499. The van der Waals surface area contributed by atoms with Gasteiger partial charge in [0.1, 0.15) is 0 Å². The summed E-state index contributed by atoms with van der Waals surface area (Å²) in [6.45, 7) is 3.71. The maximum atomic E-state index is 10.7. The van der Waals surface area contributed by atoms with Gasteiger partial charge >= 0.3 is 0 Å². The summed E-state index contributed by atoms with van der Waals surface area (Å²) in [6, 6.07) is 5.27. The lowest BCUT2D eigenvalue weighted by atomic mass is 10.0. The van der Waals surface area contributed by atoms with Crippen LogP contribution in [0.15, 0.2) is 22.7 Å². The Hall–Kier alpha value is -1.14. The Labute approximate surface area is 114 Å². The molecule has 2 unspecified atom stereocenters. The summed E-state index contributed by atoms with van der Waals surface area (Å²) in [6.07, 6.45) is 1.06. The Morgan fingerprint density at radius 1 is 1.61 bits per heavy atom. The fourth-order valence-corrected chi connectivity index (χ4v) is 2.60. The van der Waals surface area contributed by atoms with Gasteiger partial charge in [-0.25, -0.2) is 0 Å². The first-order valence-electron chi connectivity index (χ1n) is 5.86. The Morgan fingerprint density at radius 3 is 2.94 bits per heavy atom. The molecule has 6 heteroatoms. The number of nitro benzene ring substituents is 1. The van der Waals surface area contributed by atoms with Crippen LogP contribution in [0.25, 0.3) is 0 Å². The summed E-state index contributed by atoms with van der Waals surface area (Å²) < 4.78 is 5.84. The van der Waals surface area contributed by atoms with Crippen molar-refractivity contribution >= 4 is 27.3 Å². The van der Waals surface area contributed by atoms with Gasteiger partial charge in [0.05, 0.1) is 16.0 Å². The van der Waals surface area contributed by atoms with Crippen molar-refractivity contribution in [3.63, 3.8) is 0 Å². The molecular weight excluding hydrogens is 300 g/mol. The van der Waals surface area contributed by atoms with Crippen molar-refractivity contribution in [2.75, 3.05) is 18.5 Å². The number of nitrogens with one attached hydrogen (secondary N) is 1. The quantitative estimate of drug-likeness (QED) is 0.684. The van der Waals surface area contributed by atoms with Crippen molar-refractivity contribution in [1.29, 1.82) is 0 Å². The second-order valence-electron chi connectivity index (χ2n) is 4.48. The third kappa shape index (κ3) is 3.00. The molecule has 1 heterocycles. The van der Waals surface area contributed by atoms with Crippen LogP contribution in [0.2, 0.25) is 0 Å². The van der Waals surface area contributed by atoms with Crippen LogP contribution in [0, 0.1) is 16.0 Å². The number of halogens is 1. The molecule has 1 saturated heterocycles. The summed E-state index contributed by atoms with van der Waals surface area (Å²) in [5, 5.41) is 14.1. The summed E-state index contributed by atoms with van der Waals surface area (Å²) in [7, 11) is 0. The van der Waals surface area contributed by atoms with E-state index in [-0.39, 0.29) is 5.69 Å². The van der Waals surface area contributed by atoms with Gasteiger partial charge in [0.15, 0.2) is 0 Å². The number of nitro groups is 1. The van der Waals surface area contributed by atoms with Crippen molar-refractivity contribution < 1.29 is 9.66 Å². The average Bonchev–Trinajstić information content (AvgIpc) is 2.81. The monoisotopic (exact) mass is 314 g/mol. The Morgan fingerprint density at radius 2 is 2.39 bits per heavy atom. The highest BCUT2D eigenvalue weighted by Gasteiger charge is 2.22. The molecule has 1 aromatic rings. The van der Waals surface area contributed by atoms with E-state index in [9.17, 15) is 10.1 Å². The lowest BCUT2D eigenvalue weighted by Crippen LogP contribution is -2.26. The first kappa shape index (κ1) is 13.3. The van der Waals surface area contributed by atoms with E-state index in [1.54, 1.807) is 12.1 Å². The van der Waals surface area contributed by atoms with Crippen LogP contribution in [0.1, 0.15) is 13.3 Å². The van der Waals surface area contributed by atoms with Gasteiger partial charge in [0.2, 0.25) is 0 Å². The first-order valence-corrected chi connectivity index (χ1v) is 6.65. The van der Waals surface area contributed by atoms with Crippen LogP contribution >= 0.6 is 15.9 Å². The van der Waals surface area contributed by atoms with E-state index in [4.69, 9.17) is 4.74 Å². The maximum Gasteiger partial charge on any atom is 0.283 e. The topological polar surface area (TPSA) is 64.4 Å². The lowest BCUT2D eigenvalue weighted by molar-refractivity contribution is -0.385. The van der Waals surface area contributed by atoms with E-state index in [0.29, 0.717) is 16.4 Å². The van der Waals surface area contributed by atoms with E-state index in [1.807, 2.05) is 0 Å². The fraction of sp³-hybridized carbons (Fsp3) is 0.500. The molecule has 0 aromatic heterocycles. The van der Waals surface area contributed by atoms with Crippen LogP contribution in [-0.2, 0) is 4.74 Å². The van der Waals surface area contributed by atoms with Gasteiger partial charge in [-0.1, -0.05) is 0 Å². The highest BCUT2D eigenvalue weighted by Crippen LogP contribution is 2.29. The summed E-state index contributed by atoms with van der Waals surface area (Å²) in [4.78, 5) is 10.3. The molecule has 0 aliphatic carbocycles. The number of hydrogen-bond acceptors (Lipinski definition) is 4. The van der Waals surface area contributed by atoms with Crippen molar-refractivity contribution in [2.45, 2.75) is 19.4 Å². The minimum Gasteiger partial charge on any atom is -0.382 e. The van der Waals surface area contributed by atoms with Gasteiger partial charge in [0.25, 0.3) is 5.69 Å². The SMILES string of the molecule is CC(Nc1ccc([N+](=O)[O-])c(Br)c1)C1CCOC1. The molecule has 1 aliphatic heterocycles. The molecule has 0 bridgehead atoms. The highest BCUT2D eigenvalue weighted by molar-refractivity contribution is 9.10. The second-order valence-corrected chi connectivity index (χ2v) is 5.33. The molecule has 1 aliphatic rings. The molecule has 1 aromatic carbocycles. The molecule has 98 valence electrons. The fourth-order valence-electron chi connectivity index (χ4n) is 2.07. The van der Waals surface area contributed by atoms with Gasteiger partial charge in [-0.15, -0.1) is 0 Å². The molecule has 1 N–H and O–H groups in total. The van der Waals surface area contributed by atoms with Gasteiger partial charge in [-0.3, -0.25) is 10.1 Å². The third-order valence-corrected chi connectivity index (χ3v) is 3.85. The smallest absolute Gasteiger partial charge is 0.283 e. The van der Waals surface area contributed by atoms with Crippen LogP contribution in [-0.4, -0.2) is 24.2 Å². The van der Waals surface area contributed by atoms with Crippen LogP contribution < -0.4 is 5.32 Å². The Bertz CT molecular complexity index is 447. The predicted octanol–water partition coefficient (Wildman–Crippen LogP) is 3.19. The molecule has 2 atom stereocenters. The standard InChI is InChI=1S/C12H15BrN2O3/c1-8(9-4-5-18-7-9)14-10-2-3-12(15(16)17)11(13)6-10/h2-3,6,8-9,14H,4-5,7H2,1H3. The zero-order chi connectivity index (χ0) is 13.1. The Kier molecular flexibility index (Phi) is 4.19. The van der Waals surface area contributed by atoms with E-state index in [1.165, 1.54) is 6.07 Å². The van der Waals surface area contributed by atoms with Gasteiger partial charge in [-0.2, -0.15) is 0 Å². The zero-order valence-electron chi connectivity index (χ0n) is 10.1. The number of ether oxygens (including phenoxy) is 1. The van der Waals surface area contributed by atoms with Crippen molar-refractivity contribution in [2.24, 2.45) is 5.92 Å². The van der Waals surface area contributed by atoms with Gasteiger partial charge in [-0.05, 0) is 41.4 Å².